The first-order chi connectivity index (χ1) is 8.12. The fourth-order valence-corrected chi connectivity index (χ4v) is 1.71. The topological polar surface area (TPSA) is 43.4 Å². The van der Waals surface area contributed by atoms with E-state index in [0.717, 1.165) is 5.56 Å². The highest BCUT2D eigenvalue weighted by Gasteiger charge is 2.14. The molecule has 1 aromatic carbocycles. The van der Waals surface area contributed by atoms with E-state index in [2.05, 4.69) is 4.74 Å². The first-order valence-electron chi connectivity index (χ1n) is 4.96. The summed E-state index contributed by atoms with van der Waals surface area (Å²) < 4.78 is 4.65. The van der Waals surface area contributed by atoms with Gasteiger partial charge in [-0.15, -0.1) is 23.2 Å². The molecule has 0 aliphatic heterocycles. The molecular formula is C12H12Cl2O3. The van der Waals surface area contributed by atoms with Gasteiger partial charge < -0.3 is 4.74 Å². The average molecular weight is 275 g/mol. The third-order valence-electron chi connectivity index (χ3n) is 2.27. The van der Waals surface area contributed by atoms with E-state index in [1.807, 2.05) is 0 Å². The molecule has 0 amide bonds. The van der Waals surface area contributed by atoms with Crippen molar-refractivity contribution in [3.63, 3.8) is 0 Å². The number of hydrogen-bond donors (Lipinski definition) is 0. The highest BCUT2D eigenvalue weighted by Crippen LogP contribution is 2.16. The number of alkyl halides is 2. The monoisotopic (exact) mass is 274 g/mol. The summed E-state index contributed by atoms with van der Waals surface area (Å²) in [5.74, 6) is -0.373. The summed E-state index contributed by atoms with van der Waals surface area (Å²) in [6, 6.07) is 5.07. The second-order valence-corrected chi connectivity index (χ2v) is 4.00. The lowest BCUT2D eigenvalue weighted by molar-refractivity contribution is -0.116. The molecule has 92 valence electrons. The van der Waals surface area contributed by atoms with Gasteiger partial charge >= 0.3 is 5.97 Å². The number of carbonyl (C=O) groups excluding carboxylic acids is 2. The highest BCUT2D eigenvalue weighted by molar-refractivity contribution is 6.27. The number of esters is 1. The molecule has 3 nitrogen and oxygen atoms in total. The van der Waals surface area contributed by atoms with E-state index in [4.69, 9.17) is 23.2 Å². The smallest absolute Gasteiger partial charge is 0.338 e. The van der Waals surface area contributed by atoms with Gasteiger partial charge in [0.05, 0.1) is 18.6 Å². The van der Waals surface area contributed by atoms with Gasteiger partial charge in [-0.05, 0) is 17.2 Å². The van der Waals surface area contributed by atoms with Crippen LogP contribution in [0.25, 0.3) is 0 Å². The lowest BCUT2D eigenvalue weighted by atomic mass is 10.0. The van der Waals surface area contributed by atoms with Crippen LogP contribution >= 0.6 is 23.2 Å². The number of ether oxygens (including phenoxy) is 1. The molecule has 0 spiro atoms. The minimum absolute atomic E-state index is 0.0777. The summed E-state index contributed by atoms with van der Waals surface area (Å²) >= 11 is 11.2. The molecule has 0 radical (unpaired) electrons. The summed E-state index contributed by atoms with van der Waals surface area (Å²) in [5, 5.41) is 0. The van der Waals surface area contributed by atoms with Crippen LogP contribution in [-0.4, -0.2) is 24.7 Å². The Morgan fingerprint density at radius 1 is 1.29 bits per heavy atom. The number of benzene rings is 1. The molecule has 0 N–H and O–H groups in total. The maximum atomic E-state index is 11.5. The van der Waals surface area contributed by atoms with Crippen molar-refractivity contribution >= 4 is 35.0 Å². The zero-order valence-corrected chi connectivity index (χ0v) is 10.8. The third-order valence-corrected chi connectivity index (χ3v) is 2.87. The Morgan fingerprint density at radius 2 is 2.00 bits per heavy atom. The lowest BCUT2D eigenvalue weighted by Crippen LogP contribution is -2.11. The van der Waals surface area contributed by atoms with Crippen LogP contribution in [0.4, 0.5) is 0 Å². The normalized spacial score (nSPS) is 10.1. The molecule has 0 fully saturated rings. The van der Waals surface area contributed by atoms with Crippen LogP contribution in [0.15, 0.2) is 18.2 Å². The predicted molar refractivity (Wildman–Crippen MR) is 66.8 cm³/mol. The minimum atomic E-state index is -0.469. The summed E-state index contributed by atoms with van der Waals surface area (Å²) in [7, 11) is 1.30. The van der Waals surface area contributed by atoms with E-state index in [0.29, 0.717) is 17.0 Å². The first kappa shape index (κ1) is 14.0. The maximum Gasteiger partial charge on any atom is 0.338 e. The molecule has 0 atom stereocenters. The van der Waals surface area contributed by atoms with E-state index in [9.17, 15) is 9.59 Å². The number of ketones is 1. The second kappa shape index (κ2) is 6.62. The Bertz CT molecular complexity index is 430. The Morgan fingerprint density at radius 3 is 2.53 bits per heavy atom. The van der Waals surface area contributed by atoms with Crippen molar-refractivity contribution in [3.8, 4) is 0 Å². The van der Waals surface area contributed by atoms with Gasteiger partial charge in [0.2, 0.25) is 0 Å². The SMILES string of the molecule is COC(=O)c1ccc(CCl)cc1CC(=O)CCl. The number of halogens is 2. The molecule has 1 rings (SSSR count). The van der Waals surface area contributed by atoms with Gasteiger partial charge in [-0.2, -0.15) is 0 Å². The van der Waals surface area contributed by atoms with Crippen molar-refractivity contribution in [1.29, 1.82) is 0 Å². The highest BCUT2D eigenvalue weighted by atomic mass is 35.5. The van der Waals surface area contributed by atoms with Crippen molar-refractivity contribution in [3.05, 3.63) is 34.9 Å². The van der Waals surface area contributed by atoms with E-state index >= 15 is 0 Å². The summed E-state index contributed by atoms with van der Waals surface area (Å²) in [6.07, 6.45) is 0.110. The van der Waals surface area contributed by atoms with E-state index in [1.165, 1.54) is 7.11 Å². The summed E-state index contributed by atoms with van der Waals surface area (Å²) in [5.41, 5.74) is 1.82. The Labute approximate surface area is 110 Å². The van der Waals surface area contributed by atoms with Gasteiger partial charge in [-0.25, -0.2) is 4.79 Å². The third kappa shape index (κ3) is 3.72. The summed E-state index contributed by atoms with van der Waals surface area (Å²) in [6.45, 7) is 0. The number of Topliss-reactive ketones (excluding diaryl/α,β-unsaturated/α-hetero) is 1. The van der Waals surface area contributed by atoms with E-state index in [-0.39, 0.29) is 18.1 Å². The molecule has 0 aliphatic rings. The van der Waals surface area contributed by atoms with Crippen molar-refractivity contribution in [2.45, 2.75) is 12.3 Å². The molecule has 17 heavy (non-hydrogen) atoms. The van der Waals surface area contributed by atoms with Gasteiger partial charge in [0, 0.05) is 12.3 Å². The Hall–Kier alpha value is -1.06. The van der Waals surface area contributed by atoms with Crippen LogP contribution in [0.2, 0.25) is 0 Å². The van der Waals surface area contributed by atoms with Crippen molar-refractivity contribution in [2.24, 2.45) is 0 Å². The fourth-order valence-electron chi connectivity index (χ4n) is 1.45. The van der Waals surface area contributed by atoms with Crippen molar-refractivity contribution in [2.75, 3.05) is 13.0 Å². The van der Waals surface area contributed by atoms with Crippen LogP contribution in [0, 0.1) is 0 Å². The standard InChI is InChI=1S/C12H12Cl2O3/c1-17-12(16)11-3-2-8(6-13)4-9(11)5-10(15)7-14/h2-4H,5-7H2,1H3. The molecule has 0 saturated heterocycles. The zero-order chi connectivity index (χ0) is 12.8. The molecule has 0 unspecified atom stereocenters. The average Bonchev–Trinajstić information content (AvgIpc) is 2.37. The van der Waals surface area contributed by atoms with Crippen molar-refractivity contribution in [1.82, 2.24) is 0 Å². The number of rotatable bonds is 5. The largest absolute Gasteiger partial charge is 0.465 e. The lowest BCUT2D eigenvalue weighted by Gasteiger charge is -2.08. The van der Waals surface area contributed by atoms with Crippen molar-refractivity contribution < 1.29 is 14.3 Å². The molecule has 0 saturated carbocycles. The number of carbonyl (C=O) groups is 2. The molecule has 0 aromatic heterocycles. The molecule has 0 bridgehead atoms. The van der Waals surface area contributed by atoms with Crippen LogP contribution in [0.5, 0.6) is 0 Å². The van der Waals surface area contributed by atoms with Crippen LogP contribution in [-0.2, 0) is 21.8 Å². The summed E-state index contributed by atoms with van der Waals surface area (Å²) in [4.78, 5) is 22.8. The first-order valence-corrected chi connectivity index (χ1v) is 6.03. The Kier molecular flexibility index (Phi) is 5.45. The van der Waals surface area contributed by atoms with Gasteiger partial charge in [0.25, 0.3) is 0 Å². The van der Waals surface area contributed by atoms with Gasteiger partial charge in [-0.1, -0.05) is 12.1 Å². The van der Waals surface area contributed by atoms with Crippen LogP contribution < -0.4 is 0 Å². The maximum absolute atomic E-state index is 11.5. The molecule has 5 heteroatoms. The van der Waals surface area contributed by atoms with Crippen LogP contribution in [0.3, 0.4) is 0 Å². The van der Waals surface area contributed by atoms with Gasteiger partial charge in [0.1, 0.15) is 0 Å². The zero-order valence-electron chi connectivity index (χ0n) is 9.33. The Balaban J connectivity index is 3.11. The fraction of sp³-hybridized carbons (Fsp3) is 0.333. The number of hydrogen-bond acceptors (Lipinski definition) is 3. The number of methoxy groups -OCH3 is 1. The molecule has 1 aromatic rings. The van der Waals surface area contributed by atoms with Gasteiger partial charge in [0.15, 0.2) is 5.78 Å². The van der Waals surface area contributed by atoms with Gasteiger partial charge in [-0.3, -0.25) is 4.79 Å². The van der Waals surface area contributed by atoms with Crippen LogP contribution in [0.1, 0.15) is 21.5 Å². The molecule has 0 aliphatic carbocycles. The minimum Gasteiger partial charge on any atom is -0.465 e. The predicted octanol–water partition coefficient (Wildman–Crippen LogP) is 2.56. The van der Waals surface area contributed by atoms with E-state index < -0.39 is 5.97 Å². The van der Waals surface area contributed by atoms with E-state index in [1.54, 1.807) is 18.2 Å². The molecule has 0 heterocycles. The molecular weight excluding hydrogens is 263 g/mol. The quantitative estimate of drug-likeness (QED) is 0.612. The second-order valence-electron chi connectivity index (χ2n) is 3.47.